The Morgan fingerprint density at radius 1 is 1.07 bits per heavy atom. The first kappa shape index (κ1) is 31.9. The minimum Gasteiger partial charge on any atom is -0.481 e. The maximum atomic E-state index is 13.4. The normalized spacial score (nSPS) is 21.9. The van der Waals surface area contributed by atoms with E-state index in [0.29, 0.717) is 10.0 Å². The first-order valence-electron chi connectivity index (χ1n) is 12.6. The molecule has 2 saturated heterocycles. The Hall–Kier alpha value is -3.56. The maximum Gasteiger partial charge on any atom is 0.514 e. The van der Waals surface area contributed by atoms with Gasteiger partial charge in [0.15, 0.2) is 32.8 Å². The SMILES string of the molecule is CC(=O)N(c1cccs1)C1C(=O)N2CC(COC(=O)Oc3cc(Cl)ccc3Oc3ccc(Cl)cc3Cl)(C(=O)O)CS(=O)(=O)[C@H]12. The predicted octanol–water partition coefficient (Wildman–Crippen LogP) is 5.11. The molecule has 2 fully saturated rings. The quantitative estimate of drug-likeness (QED) is 0.190. The molecule has 3 atom stereocenters. The van der Waals surface area contributed by atoms with E-state index in [4.69, 9.17) is 49.0 Å². The molecule has 5 rings (SSSR count). The number of hydrogen-bond donors (Lipinski definition) is 1. The molecule has 1 aromatic heterocycles. The second-order valence-corrected chi connectivity index (χ2v) is 14.2. The molecule has 2 aromatic carbocycles. The van der Waals surface area contributed by atoms with Crippen LogP contribution < -0.4 is 14.4 Å². The summed E-state index contributed by atoms with van der Waals surface area (Å²) in [4.78, 5) is 52.7. The number of carboxylic acid groups (broad SMARTS) is 1. The van der Waals surface area contributed by atoms with E-state index in [1.165, 1.54) is 43.3 Å². The highest BCUT2D eigenvalue weighted by Gasteiger charge is 2.66. The molecule has 232 valence electrons. The molecule has 3 aromatic rings. The topological polar surface area (TPSA) is 157 Å². The lowest BCUT2D eigenvalue weighted by atomic mass is 9.88. The number of sulfone groups is 1. The molecule has 0 saturated carbocycles. The van der Waals surface area contributed by atoms with E-state index < -0.39 is 69.5 Å². The molecule has 12 nitrogen and oxygen atoms in total. The summed E-state index contributed by atoms with van der Waals surface area (Å²) in [5.41, 5.74) is -2.22. The number of carbonyl (C=O) groups is 4. The van der Waals surface area contributed by atoms with Crippen molar-refractivity contribution in [1.82, 2.24) is 4.90 Å². The summed E-state index contributed by atoms with van der Waals surface area (Å²) < 4.78 is 42.9. The number of carboxylic acids is 1. The van der Waals surface area contributed by atoms with Crippen LogP contribution in [-0.2, 0) is 29.0 Å². The summed E-state index contributed by atoms with van der Waals surface area (Å²) >= 11 is 19.3. The minimum atomic E-state index is -4.35. The van der Waals surface area contributed by atoms with Gasteiger partial charge in [-0.1, -0.05) is 34.8 Å². The zero-order chi connectivity index (χ0) is 32.0. The maximum absolute atomic E-state index is 13.4. The fraction of sp³-hybridized carbons (Fsp3) is 0.259. The molecule has 44 heavy (non-hydrogen) atoms. The zero-order valence-electron chi connectivity index (χ0n) is 22.4. The van der Waals surface area contributed by atoms with E-state index in [-0.39, 0.29) is 27.3 Å². The van der Waals surface area contributed by atoms with Crippen LogP contribution in [0.1, 0.15) is 6.92 Å². The van der Waals surface area contributed by atoms with Crippen LogP contribution in [0.3, 0.4) is 0 Å². The molecule has 1 N–H and O–H groups in total. The second-order valence-electron chi connectivity index (χ2n) is 9.94. The van der Waals surface area contributed by atoms with Crippen molar-refractivity contribution in [2.24, 2.45) is 5.41 Å². The number of amides is 2. The number of carbonyl (C=O) groups excluding carboxylic acids is 3. The number of ether oxygens (including phenoxy) is 3. The third-order valence-electron chi connectivity index (χ3n) is 6.93. The summed E-state index contributed by atoms with van der Waals surface area (Å²) in [5.74, 6) is -3.94. The Morgan fingerprint density at radius 3 is 2.36 bits per heavy atom. The lowest BCUT2D eigenvalue weighted by Crippen LogP contribution is -2.79. The Kier molecular flexibility index (Phi) is 8.75. The molecule has 0 spiro atoms. The Morgan fingerprint density at radius 2 is 1.75 bits per heavy atom. The van der Waals surface area contributed by atoms with Gasteiger partial charge in [0.2, 0.25) is 11.8 Å². The molecule has 17 heteroatoms. The van der Waals surface area contributed by atoms with Gasteiger partial charge in [-0.3, -0.25) is 19.3 Å². The first-order chi connectivity index (χ1) is 20.7. The van der Waals surface area contributed by atoms with Gasteiger partial charge in [-0.15, -0.1) is 11.3 Å². The molecular formula is C27H21Cl3N2O10S2. The van der Waals surface area contributed by atoms with Gasteiger partial charge in [0.05, 0.1) is 15.8 Å². The van der Waals surface area contributed by atoms with Crippen molar-refractivity contribution in [2.75, 3.05) is 23.8 Å². The number of thiophene rings is 1. The van der Waals surface area contributed by atoms with Gasteiger partial charge < -0.3 is 24.2 Å². The number of fused-ring (bicyclic) bond motifs is 1. The van der Waals surface area contributed by atoms with E-state index in [1.807, 2.05) is 0 Å². The van der Waals surface area contributed by atoms with Crippen molar-refractivity contribution in [3.05, 3.63) is 69.0 Å². The molecule has 2 amide bonds. The lowest BCUT2D eigenvalue weighted by molar-refractivity contribution is -0.160. The van der Waals surface area contributed by atoms with E-state index in [0.717, 1.165) is 21.1 Å². The van der Waals surface area contributed by atoms with E-state index >= 15 is 0 Å². The number of rotatable bonds is 8. The van der Waals surface area contributed by atoms with Crippen LogP contribution in [0.15, 0.2) is 53.9 Å². The monoisotopic (exact) mass is 702 g/mol. The Bertz CT molecular complexity index is 1770. The highest BCUT2D eigenvalue weighted by Crippen LogP contribution is 2.43. The number of hydrogen-bond acceptors (Lipinski definition) is 10. The molecule has 3 heterocycles. The van der Waals surface area contributed by atoms with Crippen molar-refractivity contribution in [1.29, 1.82) is 0 Å². The van der Waals surface area contributed by atoms with Crippen LogP contribution in [-0.4, -0.2) is 72.7 Å². The number of anilines is 1. The van der Waals surface area contributed by atoms with Crippen LogP contribution in [0.4, 0.5) is 9.80 Å². The van der Waals surface area contributed by atoms with Gasteiger partial charge in [0.1, 0.15) is 17.8 Å². The number of benzene rings is 2. The summed E-state index contributed by atoms with van der Waals surface area (Å²) in [6.07, 6.45) is -1.40. The largest absolute Gasteiger partial charge is 0.514 e. The van der Waals surface area contributed by atoms with Crippen molar-refractivity contribution in [2.45, 2.75) is 18.3 Å². The first-order valence-corrected chi connectivity index (χ1v) is 16.3. The number of aliphatic carboxylic acids is 1. The standard InChI is InChI=1S/C27H21Cl3N2O10S2/c1-14(33)32(21-3-2-8-43-21)22-23(34)31-11-27(25(35)36,13-44(38,39)24(22)31)12-40-26(37)42-20-10-16(29)5-7-19(20)41-18-6-4-15(28)9-17(18)30/h2-10,22,24H,11-13H2,1H3,(H,35,36)/t22?,24-,27?/m1/s1. The third kappa shape index (κ3) is 6.04. The summed E-state index contributed by atoms with van der Waals surface area (Å²) in [5, 5.41) is 11.3. The molecule has 0 bridgehead atoms. The lowest BCUT2D eigenvalue weighted by Gasteiger charge is -2.55. The summed E-state index contributed by atoms with van der Waals surface area (Å²) in [6.45, 7) is -0.346. The van der Waals surface area contributed by atoms with Gasteiger partial charge >= 0.3 is 12.1 Å². The number of nitrogens with zero attached hydrogens (tertiary/aromatic N) is 2. The van der Waals surface area contributed by atoms with Gasteiger partial charge in [0.25, 0.3) is 0 Å². The third-order valence-corrected chi connectivity index (χ3v) is 10.8. The van der Waals surface area contributed by atoms with Crippen molar-refractivity contribution in [3.8, 4) is 17.2 Å². The van der Waals surface area contributed by atoms with Gasteiger partial charge in [0, 0.05) is 29.6 Å². The van der Waals surface area contributed by atoms with E-state index in [1.54, 1.807) is 17.5 Å². The fourth-order valence-corrected chi connectivity index (χ4v) is 8.81. The van der Waals surface area contributed by atoms with E-state index in [9.17, 15) is 32.7 Å². The van der Waals surface area contributed by atoms with Crippen molar-refractivity contribution < 1.29 is 46.9 Å². The zero-order valence-corrected chi connectivity index (χ0v) is 26.3. The fourth-order valence-electron chi connectivity index (χ4n) is 4.96. The molecule has 2 unspecified atom stereocenters. The molecule has 2 aliphatic heterocycles. The number of β-lactam (4-membered cyclic amide) rings is 1. The second kappa shape index (κ2) is 12.1. The molecule has 2 aliphatic rings. The average Bonchev–Trinajstić information content (AvgIpc) is 3.47. The molecule has 0 radical (unpaired) electrons. The van der Waals surface area contributed by atoms with Crippen LogP contribution >= 0.6 is 46.1 Å². The molecule has 0 aliphatic carbocycles. The number of halogens is 3. The van der Waals surface area contributed by atoms with Crippen LogP contribution in [0.2, 0.25) is 15.1 Å². The minimum absolute atomic E-state index is 0.00964. The van der Waals surface area contributed by atoms with Crippen molar-refractivity contribution >= 4 is 84.9 Å². The Labute approximate surface area is 269 Å². The predicted molar refractivity (Wildman–Crippen MR) is 161 cm³/mol. The van der Waals surface area contributed by atoms with Gasteiger partial charge in [-0.05, 0) is 47.8 Å². The summed E-state index contributed by atoms with van der Waals surface area (Å²) in [7, 11) is -4.35. The van der Waals surface area contributed by atoms with Crippen LogP contribution in [0.5, 0.6) is 17.2 Å². The highest BCUT2D eigenvalue weighted by atomic mass is 35.5. The highest BCUT2D eigenvalue weighted by molar-refractivity contribution is 7.92. The Balaban J connectivity index is 1.32. The summed E-state index contributed by atoms with van der Waals surface area (Å²) in [6, 6.07) is 10.4. The van der Waals surface area contributed by atoms with Crippen molar-refractivity contribution in [3.63, 3.8) is 0 Å². The van der Waals surface area contributed by atoms with Crippen LogP contribution in [0, 0.1) is 5.41 Å². The smallest absolute Gasteiger partial charge is 0.481 e. The van der Waals surface area contributed by atoms with Crippen LogP contribution in [0.25, 0.3) is 0 Å². The van der Waals surface area contributed by atoms with Gasteiger partial charge in [-0.25, -0.2) is 13.2 Å². The van der Waals surface area contributed by atoms with Gasteiger partial charge in [-0.2, -0.15) is 0 Å². The molecular weight excluding hydrogens is 683 g/mol. The average molecular weight is 704 g/mol. The van der Waals surface area contributed by atoms with E-state index in [2.05, 4.69) is 0 Å².